The van der Waals surface area contributed by atoms with E-state index in [1.807, 2.05) is 37.3 Å². The van der Waals surface area contributed by atoms with Crippen LogP contribution in [-0.4, -0.2) is 17.8 Å². The lowest BCUT2D eigenvalue weighted by Crippen LogP contribution is -2.21. The van der Waals surface area contributed by atoms with Gasteiger partial charge in [-0.05, 0) is 30.2 Å². The Morgan fingerprint density at radius 3 is 2.52 bits per heavy atom. The molecule has 0 bridgehead atoms. The van der Waals surface area contributed by atoms with Crippen molar-refractivity contribution < 1.29 is 18.0 Å². The van der Waals surface area contributed by atoms with E-state index in [-0.39, 0.29) is 12.3 Å². The number of thioether (sulfide) groups is 1. The zero-order valence-corrected chi connectivity index (χ0v) is 14.5. The average molecular weight is 368 g/mol. The van der Waals surface area contributed by atoms with Gasteiger partial charge in [-0.3, -0.25) is 4.79 Å². The summed E-state index contributed by atoms with van der Waals surface area (Å²) in [7, 11) is 0. The molecule has 1 unspecified atom stereocenters. The largest absolute Gasteiger partial charge is 0.398 e. The molecule has 134 valence electrons. The summed E-state index contributed by atoms with van der Waals surface area (Å²) in [5, 5.41) is 2.68. The van der Waals surface area contributed by atoms with Crippen molar-refractivity contribution in [1.29, 1.82) is 0 Å². The minimum Gasteiger partial charge on any atom is -0.325 e. The summed E-state index contributed by atoms with van der Waals surface area (Å²) >= 11 is 0.649. The van der Waals surface area contributed by atoms with Crippen molar-refractivity contribution in [3.63, 3.8) is 0 Å². The summed E-state index contributed by atoms with van der Waals surface area (Å²) in [4.78, 5) is 12.6. The third-order valence-electron chi connectivity index (χ3n) is 3.43. The molecule has 0 fully saturated rings. The molecule has 3 nitrogen and oxygen atoms in total. The van der Waals surface area contributed by atoms with Gasteiger partial charge in [-0.2, -0.15) is 13.2 Å². The third kappa shape index (κ3) is 6.43. The Morgan fingerprint density at radius 1 is 1.20 bits per heavy atom. The number of halogens is 3. The van der Waals surface area contributed by atoms with Gasteiger partial charge in [0, 0.05) is 17.4 Å². The summed E-state index contributed by atoms with van der Waals surface area (Å²) in [6, 6.07) is 13.7. The Labute approximate surface area is 148 Å². The van der Waals surface area contributed by atoms with Gasteiger partial charge >= 0.3 is 6.18 Å². The maximum Gasteiger partial charge on any atom is 0.398 e. The van der Waals surface area contributed by atoms with E-state index in [0.29, 0.717) is 22.3 Å². The highest BCUT2D eigenvalue weighted by atomic mass is 32.2. The average Bonchev–Trinajstić information content (AvgIpc) is 2.54. The van der Waals surface area contributed by atoms with Crippen molar-refractivity contribution in [3.05, 3.63) is 59.7 Å². The second-order valence-corrected chi connectivity index (χ2v) is 6.69. The lowest BCUT2D eigenvalue weighted by molar-refractivity contribution is -0.116. The van der Waals surface area contributed by atoms with Gasteiger partial charge in [0.2, 0.25) is 5.91 Å². The monoisotopic (exact) mass is 368 g/mol. The normalized spacial score (nSPS) is 12.7. The number of rotatable bonds is 6. The molecule has 0 radical (unpaired) electrons. The third-order valence-corrected chi connectivity index (χ3v) is 4.57. The van der Waals surface area contributed by atoms with Crippen molar-refractivity contribution in [2.45, 2.75) is 30.5 Å². The molecule has 0 aliphatic carbocycles. The number of carbonyl (C=O) groups is 1. The van der Waals surface area contributed by atoms with Gasteiger partial charge in [0.25, 0.3) is 0 Å². The maximum atomic E-state index is 12.4. The summed E-state index contributed by atoms with van der Waals surface area (Å²) in [6.07, 6.45) is -4.23. The van der Waals surface area contributed by atoms with Crippen LogP contribution in [0, 0.1) is 6.92 Å². The topological polar surface area (TPSA) is 55.1 Å². The predicted molar refractivity (Wildman–Crippen MR) is 94.6 cm³/mol. The van der Waals surface area contributed by atoms with E-state index in [9.17, 15) is 18.0 Å². The lowest BCUT2D eigenvalue weighted by atomic mass is 10.0. The van der Waals surface area contributed by atoms with Crippen molar-refractivity contribution in [3.8, 4) is 0 Å². The molecule has 2 rings (SSSR count). The number of aryl methyl sites for hydroxylation is 1. The van der Waals surface area contributed by atoms with Gasteiger partial charge in [-0.1, -0.05) is 36.4 Å². The van der Waals surface area contributed by atoms with Gasteiger partial charge < -0.3 is 11.1 Å². The molecule has 0 aliphatic rings. The first-order valence-corrected chi connectivity index (χ1v) is 8.64. The SMILES string of the molecule is Cc1ccc(SCC(F)(F)F)c(NC(=O)CC(N)c2ccccc2)c1. The highest BCUT2D eigenvalue weighted by molar-refractivity contribution is 7.99. The number of nitrogens with two attached hydrogens (primary N) is 1. The molecule has 0 saturated heterocycles. The molecule has 0 aromatic heterocycles. The van der Waals surface area contributed by atoms with Gasteiger partial charge in [-0.25, -0.2) is 0 Å². The van der Waals surface area contributed by atoms with Crippen LogP contribution in [-0.2, 0) is 4.79 Å². The van der Waals surface area contributed by atoms with Gasteiger partial charge in [0.1, 0.15) is 0 Å². The zero-order chi connectivity index (χ0) is 18.4. The van der Waals surface area contributed by atoms with Crippen LogP contribution in [0.1, 0.15) is 23.6 Å². The summed E-state index contributed by atoms with van der Waals surface area (Å²) in [5.74, 6) is -1.35. The number of amides is 1. The first-order valence-electron chi connectivity index (χ1n) is 7.65. The Balaban J connectivity index is 2.05. The fourth-order valence-corrected chi connectivity index (χ4v) is 2.99. The Morgan fingerprint density at radius 2 is 1.88 bits per heavy atom. The number of anilines is 1. The smallest absolute Gasteiger partial charge is 0.325 e. The van der Waals surface area contributed by atoms with E-state index in [1.54, 1.807) is 18.2 Å². The predicted octanol–water partition coefficient (Wildman–Crippen LogP) is 4.68. The van der Waals surface area contributed by atoms with Crippen LogP contribution in [0.5, 0.6) is 0 Å². The van der Waals surface area contributed by atoms with Crippen LogP contribution in [0.4, 0.5) is 18.9 Å². The second-order valence-electron chi connectivity index (χ2n) is 5.67. The Bertz CT molecular complexity index is 720. The zero-order valence-electron chi connectivity index (χ0n) is 13.6. The molecule has 3 N–H and O–H groups in total. The molecule has 7 heteroatoms. The summed E-state index contributed by atoms with van der Waals surface area (Å²) < 4.78 is 37.3. The lowest BCUT2D eigenvalue weighted by Gasteiger charge is -2.15. The molecule has 2 aromatic carbocycles. The van der Waals surface area contributed by atoms with E-state index in [2.05, 4.69) is 5.32 Å². The summed E-state index contributed by atoms with van der Waals surface area (Å²) in [6.45, 7) is 1.81. The number of benzene rings is 2. The van der Waals surface area contributed by atoms with Crippen LogP contribution >= 0.6 is 11.8 Å². The van der Waals surface area contributed by atoms with E-state index in [0.717, 1.165) is 11.1 Å². The number of hydrogen-bond donors (Lipinski definition) is 2. The van der Waals surface area contributed by atoms with Crippen LogP contribution in [0.25, 0.3) is 0 Å². The van der Waals surface area contributed by atoms with E-state index >= 15 is 0 Å². The maximum absolute atomic E-state index is 12.4. The Kier molecular flexibility index (Phi) is 6.50. The van der Waals surface area contributed by atoms with E-state index in [4.69, 9.17) is 5.73 Å². The Hall–Kier alpha value is -1.99. The first-order chi connectivity index (χ1) is 11.7. The molecule has 0 spiro atoms. The molecule has 0 aliphatic heterocycles. The van der Waals surface area contributed by atoms with E-state index < -0.39 is 18.0 Å². The van der Waals surface area contributed by atoms with Crippen molar-refractivity contribution >= 4 is 23.4 Å². The van der Waals surface area contributed by atoms with Gasteiger partial charge in [0.15, 0.2) is 0 Å². The number of nitrogens with one attached hydrogen (secondary N) is 1. The van der Waals surface area contributed by atoms with Crippen LogP contribution in [0.3, 0.4) is 0 Å². The molecule has 0 heterocycles. The molecular formula is C18H19F3N2OS. The van der Waals surface area contributed by atoms with Crippen LogP contribution < -0.4 is 11.1 Å². The molecule has 25 heavy (non-hydrogen) atoms. The number of carbonyl (C=O) groups excluding carboxylic acids is 1. The van der Waals surface area contributed by atoms with Crippen LogP contribution in [0.2, 0.25) is 0 Å². The highest BCUT2D eigenvalue weighted by Crippen LogP contribution is 2.33. The molecule has 2 aromatic rings. The quantitative estimate of drug-likeness (QED) is 0.728. The first kappa shape index (κ1) is 19.3. The van der Waals surface area contributed by atoms with Crippen LogP contribution in [0.15, 0.2) is 53.4 Å². The van der Waals surface area contributed by atoms with Crippen molar-refractivity contribution in [2.75, 3.05) is 11.1 Å². The highest BCUT2D eigenvalue weighted by Gasteiger charge is 2.27. The molecular weight excluding hydrogens is 349 g/mol. The molecule has 1 atom stereocenters. The number of hydrogen-bond acceptors (Lipinski definition) is 3. The van der Waals surface area contributed by atoms with E-state index in [1.165, 1.54) is 0 Å². The summed E-state index contributed by atoms with van der Waals surface area (Å²) in [5.41, 5.74) is 8.07. The van der Waals surface area contributed by atoms with Crippen molar-refractivity contribution in [2.24, 2.45) is 5.73 Å². The minimum absolute atomic E-state index is 0.0430. The van der Waals surface area contributed by atoms with Crippen molar-refractivity contribution in [1.82, 2.24) is 0 Å². The fourth-order valence-electron chi connectivity index (χ4n) is 2.25. The fraction of sp³-hybridized carbons (Fsp3) is 0.278. The van der Waals surface area contributed by atoms with Gasteiger partial charge in [-0.15, -0.1) is 11.8 Å². The second kappa shape index (κ2) is 8.40. The van der Waals surface area contributed by atoms with Gasteiger partial charge in [0.05, 0.1) is 11.4 Å². The minimum atomic E-state index is -4.27. The molecule has 0 saturated carbocycles. The standard InChI is InChI=1S/C18H19F3N2OS/c1-12-7-8-16(25-11-18(19,20)21)15(9-12)23-17(24)10-14(22)13-5-3-2-4-6-13/h2-9,14H,10-11,22H2,1H3,(H,23,24). The number of alkyl halides is 3. The molecule has 1 amide bonds.